The van der Waals surface area contributed by atoms with Crippen molar-refractivity contribution in [3.05, 3.63) is 57.5 Å². The number of carbonyl (C=O) groups is 2. The van der Waals surface area contributed by atoms with Gasteiger partial charge in [-0.3, -0.25) is 14.9 Å². The molecule has 2 aliphatic heterocycles. The highest BCUT2D eigenvalue weighted by Crippen LogP contribution is 2.63. The van der Waals surface area contributed by atoms with Crippen LogP contribution in [-0.2, 0) is 15.0 Å². The van der Waals surface area contributed by atoms with E-state index in [1.165, 1.54) is 12.1 Å². The molecule has 174 valence electrons. The predicted octanol–water partition coefficient (Wildman–Crippen LogP) is 4.90. The summed E-state index contributed by atoms with van der Waals surface area (Å²) in [6, 6.07) is 6.61. The first-order valence-electron chi connectivity index (χ1n) is 11.0. The maximum Gasteiger partial charge on any atom is 0.321 e. The van der Waals surface area contributed by atoms with Crippen molar-refractivity contribution in [3.63, 3.8) is 0 Å². The number of anilines is 1. The van der Waals surface area contributed by atoms with Gasteiger partial charge in [-0.2, -0.15) is 0 Å². The van der Waals surface area contributed by atoms with E-state index in [1.54, 1.807) is 18.2 Å². The van der Waals surface area contributed by atoms with Gasteiger partial charge in [0.1, 0.15) is 28.2 Å². The van der Waals surface area contributed by atoms with Gasteiger partial charge >= 0.3 is 5.97 Å². The van der Waals surface area contributed by atoms with E-state index in [-0.39, 0.29) is 27.0 Å². The summed E-state index contributed by atoms with van der Waals surface area (Å²) in [4.78, 5) is 30.8. The molecule has 0 bridgehead atoms. The van der Waals surface area contributed by atoms with Crippen molar-refractivity contribution < 1.29 is 19.1 Å². The Bertz CT molecular complexity index is 1180. The highest BCUT2D eigenvalue weighted by atomic mass is 35.5. The smallest absolute Gasteiger partial charge is 0.321 e. The zero-order valence-corrected chi connectivity index (χ0v) is 19.7. The van der Waals surface area contributed by atoms with Gasteiger partial charge < -0.3 is 10.4 Å². The van der Waals surface area contributed by atoms with Gasteiger partial charge in [0.2, 0.25) is 5.91 Å². The summed E-state index contributed by atoms with van der Waals surface area (Å²) in [7, 11) is 0. The number of halogens is 3. The van der Waals surface area contributed by atoms with Crippen LogP contribution in [0.15, 0.2) is 30.3 Å². The van der Waals surface area contributed by atoms with Crippen LogP contribution in [0.25, 0.3) is 0 Å². The average Bonchev–Trinajstić information content (AvgIpc) is 3.20. The molecule has 1 amide bonds. The van der Waals surface area contributed by atoms with Gasteiger partial charge in [-0.25, -0.2) is 9.37 Å². The lowest BCUT2D eigenvalue weighted by molar-refractivity contribution is -0.139. The van der Waals surface area contributed by atoms with Crippen LogP contribution in [0, 0.1) is 11.2 Å². The van der Waals surface area contributed by atoms with Crippen LogP contribution in [-0.4, -0.2) is 33.5 Å². The molecular formula is C24H24Cl2FN3O3. The number of carboxylic acid groups (broad SMARTS) is 1. The average molecular weight is 492 g/mol. The van der Waals surface area contributed by atoms with Gasteiger partial charge in [0.25, 0.3) is 0 Å². The number of carbonyl (C=O) groups excluding carboxylic acids is 1. The lowest BCUT2D eigenvalue weighted by Gasteiger charge is -2.50. The molecule has 1 aromatic heterocycles. The topological polar surface area (TPSA) is 91.3 Å². The highest BCUT2D eigenvalue weighted by molar-refractivity contribution is 6.31. The van der Waals surface area contributed by atoms with Crippen LogP contribution in [0.3, 0.4) is 0 Å². The second kappa shape index (κ2) is 7.39. The molecule has 3 N–H and O–H groups in total. The number of aromatic nitrogens is 1. The van der Waals surface area contributed by atoms with Crippen LogP contribution >= 0.6 is 23.2 Å². The van der Waals surface area contributed by atoms with E-state index >= 15 is 4.39 Å². The number of fused-ring (bicyclic) bond motifs is 3. The molecule has 33 heavy (non-hydrogen) atoms. The molecule has 0 radical (unpaired) electrons. The van der Waals surface area contributed by atoms with Crippen molar-refractivity contribution >= 4 is 40.9 Å². The van der Waals surface area contributed by atoms with Crippen molar-refractivity contribution in [1.29, 1.82) is 0 Å². The van der Waals surface area contributed by atoms with E-state index in [2.05, 4.69) is 29.5 Å². The predicted molar refractivity (Wildman–Crippen MR) is 123 cm³/mol. The molecule has 3 heterocycles. The zero-order valence-electron chi connectivity index (χ0n) is 18.2. The van der Waals surface area contributed by atoms with E-state index in [9.17, 15) is 14.7 Å². The van der Waals surface area contributed by atoms with Crippen molar-refractivity contribution in [2.75, 3.05) is 5.32 Å². The minimum absolute atomic E-state index is 0.0440. The summed E-state index contributed by atoms with van der Waals surface area (Å²) in [5, 5.41) is 16.5. The monoisotopic (exact) mass is 491 g/mol. The highest BCUT2D eigenvalue weighted by Gasteiger charge is 2.73. The van der Waals surface area contributed by atoms with Gasteiger partial charge in [0, 0.05) is 17.0 Å². The number of carboxylic acids is 1. The molecule has 9 heteroatoms. The third-order valence-corrected chi connectivity index (χ3v) is 8.40. The molecule has 6 nitrogen and oxygen atoms in total. The number of aliphatic carboxylic acids is 1. The number of hydrogen-bond donors (Lipinski definition) is 3. The second-order valence-electron chi connectivity index (χ2n) is 10.1. The molecular weight excluding hydrogens is 468 g/mol. The van der Waals surface area contributed by atoms with Crippen molar-refractivity contribution in [1.82, 2.24) is 10.3 Å². The van der Waals surface area contributed by atoms with E-state index in [4.69, 9.17) is 23.2 Å². The fourth-order valence-electron chi connectivity index (χ4n) is 6.27. The summed E-state index contributed by atoms with van der Waals surface area (Å²) in [6.07, 6.45) is 2.67. The van der Waals surface area contributed by atoms with E-state index in [0.29, 0.717) is 18.4 Å². The van der Waals surface area contributed by atoms with E-state index in [1.807, 2.05) is 0 Å². The van der Waals surface area contributed by atoms with Crippen LogP contribution in [0.2, 0.25) is 10.2 Å². The van der Waals surface area contributed by atoms with Crippen LogP contribution in [0.5, 0.6) is 0 Å². The van der Waals surface area contributed by atoms with Crippen LogP contribution in [0.1, 0.15) is 56.6 Å². The fraction of sp³-hybridized carbons (Fsp3) is 0.458. The number of amides is 1. The summed E-state index contributed by atoms with van der Waals surface area (Å²) in [6.45, 7) is 4.32. The largest absolute Gasteiger partial charge is 0.480 e. The lowest BCUT2D eigenvalue weighted by atomic mass is 9.53. The van der Waals surface area contributed by atoms with E-state index < -0.39 is 40.6 Å². The summed E-state index contributed by atoms with van der Waals surface area (Å²) >= 11 is 12.2. The number of benzene rings is 1. The van der Waals surface area contributed by atoms with Crippen LogP contribution < -0.4 is 10.6 Å². The Hall–Kier alpha value is -2.22. The lowest BCUT2D eigenvalue weighted by Crippen LogP contribution is -2.61. The Labute approximate surface area is 200 Å². The first-order valence-corrected chi connectivity index (χ1v) is 11.7. The maximum atomic E-state index is 15.5. The zero-order chi connectivity index (χ0) is 23.8. The van der Waals surface area contributed by atoms with Gasteiger partial charge in [0.05, 0.1) is 5.02 Å². The molecule has 2 aromatic rings. The standard InChI is InChI=1S/C24H24Cl2FN3O3/c1-22(2)8-10-23(11-9-22)24(13-6-7-15(26)28-19(13)29-21(24)33)16(18(30-23)20(31)32)12-4-3-5-14(25)17(12)27/h3-7,16,18,30H,8-11H2,1-2H3,(H,31,32)(H,28,29,33)/t16-,18+,24?/m0/s1. The van der Waals surface area contributed by atoms with Gasteiger partial charge in [-0.05, 0) is 48.8 Å². The molecule has 1 aliphatic carbocycles. The fourth-order valence-corrected chi connectivity index (χ4v) is 6.60. The normalized spacial score (nSPS) is 29.3. The second-order valence-corrected chi connectivity index (χ2v) is 10.9. The molecule has 2 fully saturated rings. The molecule has 1 saturated carbocycles. The summed E-state index contributed by atoms with van der Waals surface area (Å²) in [5.74, 6) is -3.01. The number of pyridine rings is 1. The Balaban J connectivity index is 1.83. The van der Waals surface area contributed by atoms with Crippen molar-refractivity contribution in [2.45, 2.75) is 62.4 Å². The molecule has 2 spiro atoms. The van der Waals surface area contributed by atoms with Gasteiger partial charge in [-0.15, -0.1) is 0 Å². The molecule has 3 atom stereocenters. The van der Waals surface area contributed by atoms with Crippen molar-refractivity contribution in [2.24, 2.45) is 5.41 Å². The maximum absolute atomic E-state index is 15.5. The molecule has 1 saturated heterocycles. The molecule has 3 aliphatic rings. The van der Waals surface area contributed by atoms with Gasteiger partial charge in [0.15, 0.2) is 0 Å². The van der Waals surface area contributed by atoms with E-state index in [0.717, 1.165) is 12.8 Å². The van der Waals surface area contributed by atoms with Crippen molar-refractivity contribution in [3.8, 4) is 0 Å². The summed E-state index contributed by atoms with van der Waals surface area (Å²) in [5.41, 5.74) is -1.62. The number of hydrogen-bond acceptors (Lipinski definition) is 4. The molecule has 1 aromatic carbocycles. The third kappa shape index (κ3) is 3.05. The summed E-state index contributed by atoms with van der Waals surface area (Å²) < 4.78 is 15.5. The minimum atomic E-state index is -1.40. The first-order chi connectivity index (χ1) is 15.5. The Kier molecular flexibility index (Phi) is 5.05. The van der Waals surface area contributed by atoms with Gasteiger partial charge in [-0.1, -0.05) is 55.2 Å². The molecule has 5 rings (SSSR count). The number of nitrogens with one attached hydrogen (secondary N) is 2. The Morgan fingerprint density at radius 2 is 1.85 bits per heavy atom. The quantitative estimate of drug-likeness (QED) is 0.519. The first kappa shape index (κ1) is 22.6. The molecule has 1 unspecified atom stereocenters. The number of rotatable bonds is 2. The number of nitrogens with zero attached hydrogens (tertiary/aromatic N) is 1. The SMILES string of the molecule is CC1(C)CCC2(CC1)N[C@@H](C(=O)O)[C@H](c1cccc(Cl)c1F)C21C(=O)Nc2nc(Cl)ccc21. The third-order valence-electron chi connectivity index (χ3n) is 7.90. The Morgan fingerprint density at radius 3 is 2.52 bits per heavy atom. The Morgan fingerprint density at radius 1 is 1.15 bits per heavy atom. The minimum Gasteiger partial charge on any atom is -0.480 e. The van der Waals surface area contributed by atoms with Crippen LogP contribution in [0.4, 0.5) is 10.2 Å².